The summed E-state index contributed by atoms with van der Waals surface area (Å²) < 4.78 is 5.54. The molecule has 1 N–H and O–H groups in total. The third-order valence-electron chi connectivity index (χ3n) is 3.47. The molecule has 0 aliphatic heterocycles. The van der Waals surface area contributed by atoms with Gasteiger partial charge in [0.15, 0.2) is 0 Å². The zero-order valence-electron chi connectivity index (χ0n) is 14.1. The van der Waals surface area contributed by atoms with Gasteiger partial charge in [-0.25, -0.2) is 0 Å². The molecule has 1 rings (SSSR count). The predicted molar refractivity (Wildman–Crippen MR) is 87.3 cm³/mol. The van der Waals surface area contributed by atoms with Crippen molar-refractivity contribution in [2.75, 3.05) is 6.61 Å². The zero-order valence-corrected chi connectivity index (χ0v) is 14.1. The van der Waals surface area contributed by atoms with E-state index >= 15 is 0 Å². The van der Waals surface area contributed by atoms with Crippen LogP contribution in [-0.2, 0) is 4.79 Å². The summed E-state index contributed by atoms with van der Waals surface area (Å²) in [5.74, 6) is -0.0651. The van der Waals surface area contributed by atoms with Crippen LogP contribution in [-0.4, -0.2) is 12.5 Å². The number of rotatable bonds is 6. The van der Waals surface area contributed by atoms with E-state index in [0.29, 0.717) is 6.61 Å². The van der Waals surface area contributed by atoms with Crippen LogP contribution in [0.1, 0.15) is 52.6 Å². The molecule has 4 heteroatoms. The van der Waals surface area contributed by atoms with Crippen LogP contribution in [0.4, 0.5) is 0 Å². The molecule has 0 spiro atoms. The summed E-state index contributed by atoms with van der Waals surface area (Å²) in [4.78, 5) is 12.3. The lowest BCUT2D eigenvalue weighted by molar-refractivity contribution is -0.126. The highest BCUT2D eigenvalue weighted by Gasteiger charge is 2.31. The molecule has 0 bridgehead atoms. The quantitative estimate of drug-likeness (QED) is 0.868. The first-order valence-electron chi connectivity index (χ1n) is 7.72. The van der Waals surface area contributed by atoms with Crippen molar-refractivity contribution < 1.29 is 9.53 Å². The van der Waals surface area contributed by atoms with Crippen molar-refractivity contribution in [3.05, 3.63) is 29.8 Å². The molecule has 0 aromatic heterocycles. The van der Waals surface area contributed by atoms with Crippen molar-refractivity contribution in [2.45, 2.75) is 47.1 Å². The van der Waals surface area contributed by atoms with Gasteiger partial charge in [-0.1, -0.05) is 39.8 Å². The number of benzene rings is 1. The lowest BCUT2D eigenvalue weighted by Gasteiger charge is -2.25. The molecule has 2 unspecified atom stereocenters. The monoisotopic (exact) mass is 302 g/mol. The zero-order chi connectivity index (χ0) is 16.8. The van der Waals surface area contributed by atoms with Crippen LogP contribution in [0.5, 0.6) is 5.75 Å². The number of hydrogen-bond donors (Lipinski definition) is 1. The van der Waals surface area contributed by atoms with Crippen LogP contribution in [0.25, 0.3) is 0 Å². The van der Waals surface area contributed by atoms with E-state index in [1.165, 1.54) is 0 Å². The van der Waals surface area contributed by atoms with Gasteiger partial charge in [0, 0.05) is 0 Å². The third-order valence-corrected chi connectivity index (χ3v) is 3.47. The molecule has 0 saturated heterocycles. The molecule has 1 amide bonds. The first-order valence-corrected chi connectivity index (χ1v) is 7.72. The maximum absolute atomic E-state index is 12.3. The van der Waals surface area contributed by atoms with E-state index in [-0.39, 0.29) is 17.4 Å². The average molecular weight is 302 g/mol. The number of carbonyl (C=O) groups is 1. The second-order valence-electron chi connectivity index (χ2n) is 6.58. The molecular formula is C18H26N2O2. The first-order chi connectivity index (χ1) is 10.3. The normalized spacial score (nSPS) is 13.8. The van der Waals surface area contributed by atoms with Crippen LogP contribution >= 0.6 is 0 Å². The number of nitrogens with zero attached hydrogens (tertiary/aromatic N) is 1. The standard InChI is InChI=1S/C18H26N2O2/c1-6-11-22-15-9-7-14(8-10-15)13(2)20-17(21)16(12-19)18(3,4)5/h7-10,13,16H,6,11H2,1-5H3,(H,20,21). The van der Waals surface area contributed by atoms with Crippen LogP contribution in [0, 0.1) is 22.7 Å². The molecule has 22 heavy (non-hydrogen) atoms. The summed E-state index contributed by atoms with van der Waals surface area (Å²) in [7, 11) is 0. The highest BCUT2D eigenvalue weighted by Crippen LogP contribution is 2.26. The number of carbonyl (C=O) groups excluding carboxylic acids is 1. The summed E-state index contributed by atoms with van der Waals surface area (Å²) in [6, 6.07) is 9.63. The van der Waals surface area contributed by atoms with E-state index in [1.807, 2.05) is 52.0 Å². The fraction of sp³-hybridized carbons (Fsp3) is 0.556. The molecule has 2 atom stereocenters. The van der Waals surface area contributed by atoms with E-state index < -0.39 is 5.92 Å². The van der Waals surface area contributed by atoms with Crippen molar-refractivity contribution in [3.8, 4) is 11.8 Å². The van der Waals surface area contributed by atoms with E-state index in [9.17, 15) is 10.1 Å². The Balaban J connectivity index is 2.70. The Morgan fingerprint density at radius 3 is 2.36 bits per heavy atom. The summed E-state index contributed by atoms with van der Waals surface area (Å²) in [6.07, 6.45) is 0.969. The maximum atomic E-state index is 12.3. The molecule has 4 nitrogen and oxygen atoms in total. The summed E-state index contributed by atoms with van der Waals surface area (Å²) in [6.45, 7) is 10.4. The van der Waals surface area contributed by atoms with Crippen LogP contribution in [0.15, 0.2) is 24.3 Å². The molecule has 120 valence electrons. The van der Waals surface area contributed by atoms with E-state index in [1.54, 1.807) is 0 Å². The lowest BCUT2D eigenvalue weighted by atomic mass is 9.81. The molecule has 0 saturated carbocycles. The Kier molecular flexibility index (Phi) is 6.42. The van der Waals surface area contributed by atoms with E-state index in [2.05, 4.69) is 18.3 Å². The molecule has 1 aromatic carbocycles. The van der Waals surface area contributed by atoms with Gasteiger partial charge in [-0.2, -0.15) is 5.26 Å². The molecule has 0 fully saturated rings. The fourth-order valence-electron chi connectivity index (χ4n) is 2.10. The smallest absolute Gasteiger partial charge is 0.238 e. The Morgan fingerprint density at radius 2 is 1.91 bits per heavy atom. The molecule has 0 aliphatic rings. The maximum Gasteiger partial charge on any atom is 0.238 e. The van der Waals surface area contributed by atoms with Crippen LogP contribution in [0.3, 0.4) is 0 Å². The number of ether oxygens (including phenoxy) is 1. The molecule has 1 aromatic rings. The summed E-state index contributed by atoms with van der Waals surface area (Å²) >= 11 is 0. The van der Waals surface area contributed by atoms with Crippen molar-refractivity contribution in [3.63, 3.8) is 0 Å². The minimum absolute atomic E-state index is 0.147. The van der Waals surface area contributed by atoms with Gasteiger partial charge in [0.05, 0.1) is 18.7 Å². The second-order valence-corrected chi connectivity index (χ2v) is 6.58. The number of amides is 1. The summed E-state index contributed by atoms with van der Waals surface area (Å²) in [5.41, 5.74) is 0.610. The Labute approximate surface area is 133 Å². The highest BCUT2D eigenvalue weighted by atomic mass is 16.5. The van der Waals surface area contributed by atoms with Gasteiger partial charge in [0.25, 0.3) is 0 Å². The van der Waals surface area contributed by atoms with Crippen molar-refractivity contribution in [1.82, 2.24) is 5.32 Å². The van der Waals surface area contributed by atoms with Gasteiger partial charge >= 0.3 is 0 Å². The third kappa shape index (κ3) is 5.07. The SMILES string of the molecule is CCCOc1ccc(C(C)NC(=O)C(C#N)C(C)(C)C)cc1. The minimum atomic E-state index is -0.665. The van der Waals surface area contributed by atoms with Crippen molar-refractivity contribution in [2.24, 2.45) is 11.3 Å². The van der Waals surface area contributed by atoms with Gasteiger partial charge < -0.3 is 10.1 Å². The number of nitrogens with one attached hydrogen (secondary N) is 1. The fourth-order valence-corrected chi connectivity index (χ4v) is 2.10. The van der Waals surface area contributed by atoms with E-state index in [4.69, 9.17) is 4.74 Å². The van der Waals surface area contributed by atoms with Crippen LogP contribution < -0.4 is 10.1 Å². The number of nitriles is 1. The molecule has 0 aliphatic carbocycles. The van der Waals surface area contributed by atoms with Gasteiger partial charge in [-0.05, 0) is 36.5 Å². The molecular weight excluding hydrogens is 276 g/mol. The summed E-state index contributed by atoms with van der Waals surface area (Å²) in [5, 5.41) is 12.1. The van der Waals surface area contributed by atoms with Crippen molar-refractivity contribution in [1.29, 1.82) is 5.26 Å². The lowest BCUT2D eigenvalue weighted by Crippen LogP contribution is -2.38. The second kappa shape index (κ2) is 7.84. The Hall–Kier alpha value is -2.02. The highest BCUT2D eigenvalue weighted by molar-refractivity contribution is 5.82. The van der Waals surface area contributed by atoms with Gasteiger partial charge in [-0.15, -0.1) is 0 Å². The minimum Gasteiger partial charge on any atom is -0.494 e. The largest absolute Gasteiger partial charge is 0.494 e. The van der Waals surface area contributed by atoms with Gasteiger partial charge in [-0.3, -0.25) is 4.79 Å². The molecule has 0 radical (unpaired) electrons. The predicted octanol–water partition coefficient (Wildman–Crippen LogP) is 3.84. The van der Waals surface area contributed by atoms with Crippen LogP contribution in [0.2, 0.25) is 0 Å². The first kappa shape index (κ1) is 18.0. The molecule has 0 heterocycles. The van der Waals surface area contributed by atoms with E-state index in [0.717, 1.165) is 17.7 Å². The topological polar surface area (TPSA) is 62.1 Å². The number of hydrogen-bond acceptors (Lipinski definition) is 3. The van der Waals surface area contributed by atoms with Gasteiger partial charge in [0.2, 0.25) is 5.91 Å². The Bertz CT molecular complexity index is 524. The van der Waals surface area contributed by atoms with Crippen molar-refractivity contribution >= 4 is 5.91 Å². The van der Waals surface area contributed by atoms with Gasteiger partial charge in [0.1, 0.15) is 11.7 Å². The average Bonchev–Trinajstić information content (AvgIpc) is 2.44. The Morgan fingerprint density at radius 1 is 1.32 bits per heavy atom.